The molecule has 1 N–H and O–H groups in total. The van der Waals surface area contributed by atoms with Crippen LogP contribution in [0.4, 0.5) is 0 Å². The summed E-state index contributed by atoms with van der Waals surface area (Å²) in [5, 5.41) is 3.51. The van der Waals surface area contributed by atoms with Crippen LogP contribution in [-0.2, 0) is 6.54 Å². The smallest absolute Gasteiger partial charge is 0.123 e. The standard InChI is InChI=1S/C18H22BrNO3/c1-12(16-10-15(21-2)6-8-18(16)23-4)20-11-13-9-14(19)5-7-17(13)22-3/h5-10,12,20H,11H2,1-4H3. The third kappa shape index (κ3) is 4.39. The van der Waals surface area contributed by atoms with Crippen molar-refractivity contribution in [3.63, 3.8) is 0 Å². The number of nitrogens with one attached hydrogen (secondary N) is 1. The van der Waals surface area contributed by atoms with E-state index in [0.29, 0.717) is 6.54 Å². The second-order valence-corrected chi connectivity index (χ2v) is 6.08. The highest BCUT2D eigenvalue weighted by molar-refractivity contribution is 9.10. The van der Waals surface area contributed by atoms with Gasteiger partial charge in [0.05, 0.1) is 21.3 Å². The summed E-state index contributed by atoms with van der Waals surface area (Å²) < 4.78 is 17.2. The molecule has 0 fully saturated rings. The number of methoxy groups -OCH3 is 3. The number of rotatable bonds is 7. The van der Waals surface area contributed by atoms with E-state index in [1.807, 2.05) is 30.3 Å². The molecule has 2 aromatic carbocycles. The Hall–Kier alpha value is -1.72. The first-order chi connectivity index (χ1) is 11.1. The van der Waals surface area contributed by atoms with Crippen LogP contribution in [0.3, 0.4) is 0 Å². The molecule has 0 saturated carbocycles. The summed E-state index contributed by atoms with van der Waals surface area (Å²) in [7, 11) is 5.02. The van der Waals surface area contributed by atoms with Crippen LogP contribution in [0.2, 0.25) is 0 Å². The molecule has 0 aliphatic rings. The molecule has 0 spiro atoms. The van der Waals surface area contributed by atoms with Gasteiger partial charge >= 0.3 is 0 Å². The Balaban J connectivity index is 2.16. The lowest BCUT2D eigenvalue weighted by molar-refractivity contribution is 0.389. The zero-order chi connectivity index (χ0) is 16.8. The summed E-state index contributed by atoms with van der Waals surface area (Å²) in [6.07, 6.45) is 0. The predicted molar refractivity (Wildman–Crippen MR) is 95.5 cm³/mol. The Labute approximate surface area is 145 Å². The topological polar surface area (TPSA) is 39.7 Å². The maximum atomic E-state index is 5.45. The SMILES string of the molecule is COc1ccc(OC)c(C(C)NCc2cc(Br)ccc2OC)c1. The third-order valence-electron chi connectivity index (χ3n) is 3.74. The van der Waals surface area contributed by atoms with Crippen LogP contribution >= 0.6 is 15.9 Å². The molecule has 0 saturated heterocycles. The van der Waals surface area contributed by atoms with Gasteiger partial charge in [0.25, 0.3) is 0 Å². The van der Waals surface area contributed by atoms with E-state index in [1.165, 1.54) is 0 Å². The van der Waals surface area contributed by atoms with Gasteiger partial charge in [-0.3, -0.25) is 0 Å². The van der Waals surface area contributed by atoms with Gasteiger partial charge in [-0.05, 0) is 43.3 Å². The Morgan fingerprint density at radius 2 is 1.65 bits per heavy atom. The zero-order valence-electron chi connectivity index (χ0n) is 13.9. The minimum absolute atomic E-state index is 0.101. The lowest BCUT2D eigenvalue weighted by Crippen LogP contribution is -2.19. The molecular formula is C18H22BrNO3. The van der Waals surface area contributed by atoms with Crippen molar-refractivity contribution in [2.75, 3.05) is 21.3 Å². The first-order valence-corrected chi connectivity index (χ1v) is 8.16. The van der Waals surface area contributed by atoms with Gasteiger partial charge in [-0.15, -0.1) is 0 Å². The Bertz CT molecular complexity index is 661. The fourth-order valence-electron chi connectivity index (χ4n) is 2.44. The molecule has 1 atom stereocenters. The van der Waals surface area contributed by atoms with Gasteiger partial charge in [-0.1, -0.05) is 15.9 Å². The van der Waals surface area contributed by atoms with Gasteiger partial charge in [-0.2, -0.15) is 0 Å². The highest BCUT2D eigenvalue weighted by Crippen LogP contribution is 2.30. The summed E-state index contributed by atoms with van der Waals surface area (Å²) in [6.45, 7) is 2.78. The van der Waals surface area contributed by atoms with Gasteiger partial charge in [0.2, 0.25) is 0 Å². The van der Waals surface area contributed by atoms with Crippen molar-refractivity contribution in [3.8, 4) is 17.2 Å². The fourth-order valence-corrected chi connectivity index (χ4v) is 2.84. The molecule has 0 bridgehead atoms. The molecule has 2 rings (SSSR count). The second-order valence-electron chi connectivity index (χ2n) is 5.17. The first-order valence-electron chi connectivity index (χ1n) is 7.36. The second kappa shape index (κ2) is 8.22. The van der Waals surface area contributed by atoms with Crippen LogP contribution in [0.25, 0.3) is 0 Å². The van der Waals surface area contributed by atoms with Crippen molar-refractivity contribution < 1.29 is 14.2 Å². The summed E-state index contributed by atoms with van der Waals surface area (Å²) in [6, 6.07) is 11.9. The van der Waals surface area contributed by atoms with Crippen LogP contribution < -0.4 is 19.5 Å². The van der Waals surface area contributed by atoms with Crippen molar-refractivity contribution in [1.82, 2.24) is 5.32 Å². The molecule has 2 aromatic rings. The first kappa shape index (κ1) is 17.6. The van der Waals surface area contributed by atoms with E-state index in [4.69, 9.17) is 14.2 Å². The molecule has 1 unspecified atom stereocenters. The maximum Gasteiger partial charge on any atom is 0.123 e. The van der Waals surface area contributed by atoms with Crippen LogP contribution in [0.1, 0.15) is 24.1 Å². The van der Waals surface area contributed by atoms with E-state index in [2.05, 4.69) is 34.2 Å². The molecule has 0 amide bonds. The van der Waals surface area contributed by atoms with Crippen LogP contribution in [0, 0.1) is 0 Å². The van der Waals surface area contributed by atoms with Gasteiger partial charge in [0.1, 0.15) is 17.2 Å². The highest BCUT2D eigenvalue weighted by atomic mass is 79.9. The van der Waals surface area contributed by atoms with Crippen molar-refractivity contribution in [2.45, 2.75) is 19.5 Å². The monoisotopic (exact) mass is 379 g/mol. The Morgan fingerprint density at radius 3 is 2.30 bits per heavy atom. The summed E-state index contributed by atoms with van der Waals surface area (Å²) >= 11 is 3.50. The molecule has 0 radical (unpaired) electrons. The predicted octanol–water partition coefficient (Wildman–Crippen LogP) is 4.33. The van der Waals surface area contributed by atoms with Gasteiger partial charge < -0.3 is 19.5 Å². The van der Waals surface area contributed by atoms with E-state index in [9.17, 15) is 0 Å². The fraction of sp³-hybridized carbons (Fsp3) is 0.333. The maximum absolute atomic E-state index is 5.45. The van der Waals surface area contributed by atoms with E-state index in [0.717, 1.165) is 32.8 Å². The third-order valence-corrected chi connectivity index (χ3v) is 4.24. The number of benzene rings is 2. The normalized spacial score (nSPS) is 11.9. The average molecular weight is 380 g/mol. The Morgan fingerprint density at radius 1 is 0.957 bits per heavy atom. The van der Waals surface area contributed by atoms with Crippen molar-refractivity contribution in [2.24, 2.45) is 0 Å². The number of hydrogen-bond acceptors (Lipinski definition) is 4. The van der Waals surface area contributed by atoms with Crippen LogP contribution in [0.15, 0.2) is 40.9 Å². The van der Waals surface area contributed by atoms with E-state index in [1.54, 1.807) is 21.3 Å². The molecule has 4 nitrogen and oxygen atoms in total. The lowest BCUT2D eigenvalue weighted by atomic mass is 10.1. The Kier molecular flexibility index (Phi) is 6.30. The largest absolute Gasteiger partial charge is 0.497 e. The minimum atomic E-state index is 0.101. The molecule has 124 valence electrons. The zero-order valence-corrected chi connectivity index (χ0v) is 15.4. The summed E-state index contributed by atoms with van der Waals surface area (Å²) in [5.74, 6) is 2.52. The molecule has 0 aliphatic heterocycles. The van der Waals surface area contributed by atoms with Gasteiger partial charge in [0, 0.05) is 28.2 Å². The van der Waals surface area contributed by atoms with Gasteiger partial charge in [0.15, 0.2) is 0 Å². The van der Waals surface area contributed by atoms with Crippen LogP contribution in [-0.4, -0.2) is 21.3 Å². The molecule has 0 aliphatic carbocycles. The quantitative estimate of drug-likeness (QED) is 0.777. The number of ether oxygens (including phenoxy) is 3. The van der Waals surface area contributed by atoms with Crippen molar-refractivity contribution in [1.29, 1.82) is 0 Å². The summed E-state index contributed by atoms with van der Waals surface area (Å²) in [5.41, 5.74) is 2.15. The average Bonchev–Trinajstić information content (AvgIpc) is 2.59. The van der Waals surface area contributed by atoms with Gasteiger partial charge in [-0.25, -0.2) is 0 Å². The van der Waals surface area contributed by atoms with E-state index >= 15 is 0 Å². The summed E-state index contributed by atoms with van der Waals surface area (Å²) in [4.78, 5) is 0. The van der Waals surface area contributed by atoms with Crippen molar-refractivity contribution in [3.05, 3.63) is 52.0 Å². The number of halogens is 1. The molecular weight excluding hydrogens is 358 g/mol. The minimum Gasteiger partial charge on any atom is -0.497 e. The molecule has 5 heteroatoms. The van der Waals surface area contributed by atoms with E-state index in [-0.39, 0.29) is 6.04 Å². The molecule has 0 heterocycles. The van der Waals surface area contributed by atoms with Crippen LogP contribution in [0.5, 0.6) is 17.2 Å². The lowest BCUT2D eigenvalue weighted by Gasteiger charge is -2.19. The molecule has 0 aromatic heterocycles. The molecule has 23 heavy (non-hydrogen) atoms. The van der Waals surface area contributed by atoms with Crippen molar-refractivity contribution >= 4 is 15.9 Å². The highest BCUT2D eigenvalue weighted by Gasteiger charge is 2.13. The van der Waals surface area contributed by atoms with E-state index < -0.39 is 0 Å². The number of hydrogen-bond donors (Lipinski definition) is 1.